The number of esters is 1. The zero-order chi connectivity index (χ0) is 103. The molecule has 0 aliphatic carbocycles. The molecule has 141 heavy (non-hydrogen) atoms. The summed E-state index contributed by atoms with van der Waals surface area (Å²) in [5.74, 6) is -4.67. The van der Waals surface area contributed by atoms with E-state index in [0.717, 1.165) is 116 Å². The lowest BCUT2D eigenvalue weighted by Gasteiger charge is -2.28. The maximum Gasteiger partial charge on any atom is 0.319 e. The normalized spacial score (nSPS) is 12.5. The number of nitrogens with two attached hydrogens (primary N) is 1. The second kappa shape index (κ2) is 111. The minimum Gasteiger partial charge on any atom is -0.481 e. The van der Waals surface area contributed by atoms with E-state index in [-0.39, 0.29) is 45.1 Å². The first-order chi connectivity index (χ1) is 68.8. The zero-order valence-corrected chi connectivity index (χ0v) is 88.5. The van der Waals surface area contributed by atoms with Crippen LogP contribution in [0.4, 0.5) is 0 Å². The van der Waals surface area contributed by atoms with E-state index in [2.05, 4.69) is 24.5 Å². The van der Waals surface area contributed by atoms with Crippen molar-refractivity contribution in [2.24, 2.45) is 16.6 Å². The van der Waals surface area contributed by atoms with E-state index >= 15 is 0 Å². The quantitative estimate of drug-likeness (QED) is 0.0169. The Labute approximate surface area is 848 Å². The van der Waals surface area contributed by atoms with Gasteiger partial charge in [0.1, 0.15) is 16.4 Å². The Balaban J connectivity index is 0. The van der Waals surface area contributed by atoms with Crippen LogP contribution in [0.2, 0.25) is 0 Å². The Morgan fingerprint density at radius 3 is 0.560 bits per heavy atom. The molecular formula is C104H201N3O34. The molecule has 0 rings (SSSR count). The molecule has 0 aromatic carbocycles. The molecule has 836 valence electrons. The van der Waals surface area contributed by atoms with Gasteiger partial charge in [-0.2, -0.15) is 0 Å². The van der Waals surface area contributed by atoms with Gasteiger partial charge >= 0.3 is 29.8 Å². The lowest BCUT2D eigenvalue weighted by atomic mass is 9.76. The van der Waals surface area contributed by atoms with Gasteiger partial charge in [0.25, 0.3) is 0 Å². The van der Waals surface area contributed by atoms with Crippen LogP contribution in [-0.2, 0) is 143 Å². The number of hydrogen-bond donors (Lipinski definition) is 7. The van der Waals surface area contributed by atoms with Gasteiger partial charge in [-0.05, 0) is 65.7 Å². The van der Waals surface area contributed by atoms with Crippen LogP contribution in [0.5, 0.6) is 0 Å². The topological polar surface area (TPSA) is 463 Å². The van der Waals surface area contributed by atoms with Crippen molar-refractivity contribution >= 4 is 41.7 Å². The molecule has 37 heteroatoms. The van der Waals surface area contributed by atoms with Gasteiger partial charge in [-0.25, -0.2) is 0 Å². The number of carboxylic acid groups (broad SMARTS) is 4. The summed E-state index contributed by atoms with van der Waals surface area (Å²) in [6.07, 6.45) is 37.2. The van der Waals surface area contributed by atoms with Crippen molar-refractivity contribution in [3.63, 3.8) is 0 Å². The smallest absolute Gasteiger partial charge is 0.319 e. The zero-order valence-electron chi connectivity index (χ0n) is 88.5. The number of amides is 2. The highest BCUT2D eigenvalue weighted by Gasteiger charge is 2.46. The van der Waals surface area contributed by atoms with Crippen molar-refractivity contribution in [2.45, 2.75) is 310 Å². The van der Waals surface area contributed by atoms with Crippen molar-refractivity contribution < 1.29 is 163 Å². The Hall–Kier alpha value is -4.63. The number of aliphatic carboxylic acids is 4. The summed E-state index contributed by atoms with van der Waals surface area (Å²) in [4.78, 5) is 85.6. The molecule has 0 saturated heterocycles. The number of hydrogen-bond acceptors (Lipinski definition) is 31. The summed E-state index contributed by atoms with van der Waals surface area (Å²) in [7, 11) is 0. The van der Waals surface area contributed by atoms with Crippen LogP contribution >= 0.6 is 0 Å². The standard InChI is InChI=1S/C55H105NO18.C49H96N2O16/c1-5-6-7-8-9-11-14-17-20-25-55(53(61)62,26-21-18-15-12-10-13-16-19-23-50(57)58)52(60)56-27-29-64-31-33-66-35-37-68-39-41-70-43-45-72-47-49-73-48-46-71-44-42-69-40-38-67-36-34-65-32-30-63-28-22-24-51(59)74-54(2,3)4;1-2-3-4-5-6-8-11-14-17-20-49(48(55)56,21-18-15-12-9-7-10-13-16-19-46(52)53)47(54)51-23-25-58-27-29-60-31-33-62-35-37-64-39-41-66-43-45-67-44-42-65-40-38-63-36-34-61-32-30-59-28-26-57-24-22-50/h5-49H2,1-4H3,(H,56,60)(H,57,58)(H,61,62);2-45,50H2,1H3,(H,51,54)(H,52,53)(H,55,56). The largest absolute Gasteiger partial charge is 0.481 e. The third-order valence-electron chi connectivity index (χ3n) is 22.4. The van der Waals surface area contributed by atoms with Gasteiger partial charge in [0.05, 0.1) is 284 Å². The third kappa shape index (κ3) is 102. The van der Waals surface area contributed by atoms with Crippen molar-refractivity contribution in [1.29, 1.82) is 0 Å². The Morgan fingerprint density at radius 2 is 0.383 bits per heavy atom. The second-order valence-corrected chi connectivity index (χ2v) is 35.8. The van der Waals surface area contributed by atoms with Crippen molar-refractivity contribution in [3.05, 3.63) is 0 Å². The summed E-state index contributed by atoms with van der Waals surface area (Å²) in [6, 6.07) is 0. The number of carboxylic acids is 4. The van der Waals surface area contributed by atoms with Crippen molar-refractivity contribution in [3.8, 4) is 0 Å². The average Bonchev–Trinajstić information content (AvgIpc) is 0.821. The first-order valence-corrected chi connectivity index (χ1v) is 53.9. The molecule has 0 fully saturated rings. The molecule has 2 unspecified atom stereocenters. The summed E-state index contributed by atoms with van der Waals surface area (Å²) >= 11 is 0. The summed E-state index contributed by atoms with van der Waals surface area (Å²) < 4.78 is 126. The molecule has 0 aliphatic heterocycles. The van der Waals surface area contributed by atoms with Gasteiger partial charge in [0.15, 0.2) is 0 Å². The molecule has 2 atom stereocenters. The maximum atomic E-state index is 13.5. The average molecular weight is 2040 g/mol. The van der Waals surface area contributed by atoms with Gasteiger partial charge in [-0.1, -0.05) is 219 Å². The van der Waals surface area contributed by atoms with Crippen LogP contribution in [0.1, 0.15) is 304 Å². The predicted octanol–water partition coefficient (Wildman–Crippen LogP) is 14.6. The molecule has 0 saturated carbocycles. The molecule has 0 aliphatic rings. The number of carbonyl (C=O) groups excluding carboxylic acids is 3. The van der Waals surface area contributed by atoms with E-state index in [4.69, 9.17) is 125 Å². The lowest BCUT2D eigenvalue weighted by Crippen LogP contribution is -2.47. The third-order valence-corrected chi connectivity index (χ3v) is 22.4. The van der Waals surface area contributed by atoms with Crippen molar-refractivity contribution in [1.82, 2.24) is 10.6 Å². The summed E-state index contributed by atoms with van der Waals surface area (Å²) in [5.41, 5.74) is 1.99. The fourth-order valence-corrected chi connectivity index (χ4v) is 14.5. The highest BCUT2D eigenvalue weighted by molar-refractivity contribution is 6.02. The Morgan fingerprint density at radius 1 is 0.213 bits per heavy atom. The molecule has 0 aromatic heterocycles. The van der Waals surface area contributed by atoms with E-state index in [0.29, 0.717) is 361 Å². The number of carbonyl (C=O) groups is 7. The molecule has 37 nitrogen and oxygen atoms in total. The van der Waals surface area contributed by atoms with Crippen LogP contribution in [0.15, 0.2) is 0 Å². The number of ether oxygens (including phenoxy) is 23. The Bertz CT molecular complexity index is 2680. The second-order valence-electron chi connectivity index (χ2n) is 35.8. The number of unbranched alkanes of at least 4 members (excludes halogenated alkanes) is 30. The van der Waals surface area contributed by atoms with Crippen LogP contribution in [0, 0.1) is 10.8 Å². The molecule has 0 spiro atoms. The van der Waals surface area contributed by atoms with E-state index < -0.39 is 52.1 Å². The molecule has 0 radical (unpaired) electrons. The van der Waals surface area contributed by atoms with E-state index in [1.165, 1.54) is 64.2 Å². The van der Waals surface area contributed by atoms with Gasteiger partial charge in [0, 0.05) is 45.5 Å². The molecule has 2 amide bonds. The summed E-state index contributed by atoms with van der Waals surface area (Å²) in [6.45, 7) is 30.8. The molecule has 0 aromatic rings. The van der Waals surface area contributed by atoms with E-state index in [9.17, 15) is 43.8 Å². The predicted molar refractivity (Wildman–Crippen MR) is 540 cm³/mol. The summed E-state index contributed by atoms with van der Waals surface area (Å²) in [5, 5.41) is 44.2. The van der Waals surface area contributed by atoms with Gasteiger partial charge < -0.3 is 146 Å². The lowest BCUT2D eigenvalue weighted by molar-refractivity contribution is -0.159. The van der Waals surface area contributed by atoms with Crippen LogP contribution in [-0.4, -0.2) is 378 Å². The fourth-order valence-electron chi connectivity index (χ4n) is 14.5. The highest BCUT2D eigenvalue weighted by atomic mass is 16.6. The first kappa shape index (κ1) is 138. The van der Waals surface area contributed by atoms with Crippen LogP contribution in [0.3, 0.4) is 0 Å². The monoisotopic (exact) mass is 2040 g/mol. The molecule has 0 bridgehead atoms. The minimum atomic E-state index is -1.45. The molecule has 0 heterocycles. The SMILES string of the molecule is CCCCCCCCCCCC(CCCCCCCCCCC(=O)O)(C(=O)O)C(=O)NCCOCCOCCOCCOCCOCCOCCOCCOCCOCCOCCOCCCC(=O)OC(C)(C)C.CCCCCCCCCCCC(CCCCCCCCCCC(=O)O)(C(=O)O)C(=O)NCCOCCOCCOCCOCCOCCOCCOCCOCCOCCOCCOCCN. The maximum absolute atomic E-state index is 13.5. The van der Waals surface area contributed by atoms with E-state index in [1.54, 1.807) is 0 Å². The van der Waals surface area contributed by atoms with Gasteiger partial charge in [-0.15, -0.1) is 0 Å². The first-order valence-electron chi connectivity index (χ1n) is 53.9. The molecule has 8 N–H and O–H groups in total. The Kier molecular flexibility index (Phi) is 109. The minimum absolute atomic E-state index is 0.212. The van der Waals surface area contributed by atoms with E-state index in [1.807, 2.05) is 20.8 Å². The number of nitrogens with one attached hydrogen (secondary N) is 2. The fraction of sp³-hybridized carbons (Fsp3) is 0.933. The molecular weight excluding hydrogens is 1840 g/mol. The highest BCUT2D eigenvalue weighted by Crippen LogP contribution is 2.35. The van der Waals surface area contributed by atoms with Gasteiger partial charge in [-0.3, -0.25) is 33.6 Å². The van der Waals surface area contributed by atoms with Crippen molar-refractivity contribution in [2.75, 3.05) is 310 Å². The van der Waals surface area contributed by atoms with Gasteiger partial charge in [0.2, 0.25) is 11.8 Å². The van der Waals surface area contributed by atoms with Crippen LogP contribution < -0.4 is 16.4 Å². The van der Waals surface area contributed by atoms with Crippen LogP contribution in [0.25, 0.3) is 0 Å². The number of rotatable bonds is 118.